The van der Waals surface area contributed by atoms with E-state index in [2.05, 4.69) is 63.2 Å². The Labute approximate surface area is 171 Å². The first-order valence-electron chi connectivity index (χ1n) is 9.19. The summed E-state index contributed by atoms with van der Waals surface area (Å²) in [4.78, 5) is 12.4. The van der Waals surface area contributed by atoms with Crippen molar-refractivity contribution in [3.63, 3.8) is 0 Å². The number of amides is 1. The smallest absolute Gasteiger partial charge is 0.307 e. The second-order valence-electron chi connectivity index (χ2n) is 6.76. The Balaban J connectivity index is 1.56. The van der Waals surface area contributed by atoms with Gasteiger partial charge in [-0.2, -0.15) is 5.10 Å². The van der Waals surface area contributed by atoms with Gasteiger partial charge < -0.3 is 8.98 Å². The maximum absolute atomic E-state index is 12.4. The lowest BCUT2D eigenvalue weighted by Crippen LogP contribution is -2.16. The Morgan fingerprint density at radius 3 is 2.93 bits per heavy atom. The van der Waals surface area contributed by atoms with Gasteiger partial charge in [0, 0.05) is 38.6 Å². The normalized spacial score (nSPS) is 12.8. The van der Waals surface area contributed by atoms with Gasteiger partial charge in [0.2, 0.25) is 0 Å². The average molecular weight is 438 g/mol. The molecule has 0 aliphatic rings. The molecule has 0 spiro atoms. The highest BCUT2D eigenvalue weighted by Gasteiger charge is 2.13. The number of carbonyl (C=O) groups excluding carboxylic acids is 1. The highest BCUT2D eigenvalue weighted by Crippen LogP contribution is 2.25. The zero-order valence-electron chi connectivity index (χ0n) is 15.6. The lowest BCUT2D eigenvalue weighted by molar-refractivity contribution is 0.0929. The predicted molar refractivity (Wildman–Crippen MR) is 116 cm³/mol. The first kappa shape index (κ1) is 18.5. The summed E-state index contributed by atoms with van der Waals surface area (Å²) in [6.07, 6.45) is 4.79. The van der Waals surface area contributed by atoms with Crippen LogP contribution in [0.5, 0.6) is 0 Å². The molecule has 28 heavy (non-hydrogen) atoms. The highest BCUT2D eigenvalue weighted by atomic mass is 79.9. The summed E-state index contributed by atoms with van der Waals surface area (Å²) < 4.78 is 8.78. The molecular weight excluding hydrogens is 418 g/mol. The number of hydrogen-bond acceptors (Lipinski definition) is 3. The number of furan rings is 1. The van der Waals surface area contributed by atoms with Crippen molar-refractivity contribution in [2.45, 2.75) is 26.3 Å². The number of carbonyl (C=O) groups is 1. The van der Waals surface area contributed by atoms with Crippen LogP contribution < -0.4 is 5.43 Å². The molecule has 0 aliphatic heterocycles. The van der Waals surface area contributed by atoms with Crippen LogP contribution >= 0.6 is 15.9 Å². The minimum Gasteiger partial charge on any atom is -0.451 e. The second-order valence-corrected chi connectivity index (χ2v) is 7.67. The molecule has 5 nitrogen and oxygen atoms in total. The second kappa shape index (κ2) is 7.64. The van der Waals surface area contributed by atoms with Gasteiger partial charge in [-0.05, 0) is 43.7 Å². The third kappa shape index (κ3) is 3.47. The minimum atomic E-state index is -0.380. The van der Waals surface area contributed by atoms with Crippen molar-refractivity contribution in [1.29, 1.82) is 0 Å². The molecule has 1 amide bonds. The predicted octanol–water partition coefficient (Wildman–Crippen LogP) is 5.88. The van der Waals surface area contributed by atoms with Crippen molar-refractivity contribution < 1.29 is 9.21 Å². The van der Waals surface area contributed by atoms with E-state index in [4.69, 9.17) is 4.42 Å². The van der Waals surface area contributed by atoms with Crippen molar-refractivity contribution in [3.05, 3.63) is 70.5 Å². The number of benzene rings is 2. The number of rotatable bonds is 5. The Morgan fingerprint density at radius 2 is 2.11 bits per heavy atom. The van der Waals surface area contributed by atoms with Crippen LogP contribution in [0, 0.1) is 0 Å². The Morgan fingerprint density at radius 1 is 1.29 bits per heavy atom. The maximum atomic E-state index is 12.4. The fourth-order valence-electron chi connectivity index (χ4n) is 3.24. The average Bonchev–Trinajstić information content (AvgIpc) is 3.29. The molecule has 1 N–H and O–H groups in total. The fraction of sp³-hybridized carbons (Fsp3) is 0.182. The summed E-state index contributed by atoms with van der Waals surface area (Å²) in [6.45, 7) is 4.36. The third-order valence-electron chi connectivity index (χ3n) is 4.91. The number of halogens is 1. The van der Waals surface area contributed by atoms with Crippen molar-refractivity contribution in [3.8, 4) is 0 Å². The Hall–Kier alpha value is -2.86. The minimum absolute atomic E-state index is 0.229. The zero-order valence-corrected chi connectivity index (χ0v) is 17.2. The molecule has 4 rings (SSSR count). The largest absolute Gasteiger partial charge is 0.451 e. The van der Waals surface area contributed by atoms with E-state index in [1.165, 1.54) is 0 Å². The highest BCUT2D eigenvalue weighted by molar-refractivity contribution is 9.10. The molecule has 2 heterocycles. The van der Waals surface area contributed by atoms with Gasteiger partial charge in [0.25, 0.3) is 0 Å². The van der Waals surface area contributed by atoms with E-state index in [0.717, 1.165) is 32.7 Å². The van der Waals surface area contributed by atoms with Gasteiger partial charge >= 0.3 is 5.91 Å². The molecule has 0 radical (unpaired) electrons. The molecular formula is C22H20BrN3O2. The van der Waals surface area contributed by atoms with E-state index < -0.39 is 0 Å². The molecule has 6 heteroatoms. The van der Waals surface area contributed by atoms with Crippen molar-refractivity contribution in [2.24, 2.45) is 5.10 Å². The summed E-state index contributed by atoms with van der Waals surface area (Å²) in [5.41, 5.74) is 5.34. The molecule has 0 unspecified atom stereocenters. The SMILES string of the molecule is CC[C@H](C)n1cc(/C=N/NC(=O)c2cc3cc(Br)ccc3o2)c2ccccc21. The lowest BCUT2D eigenvalue weighted by atomic mass is 10.2. The van der Waals surface area contributed by atoms with E-state index in [9.17, 15) is 4.79 Å². The molecule has 2 aromatic carbocycles. The lowest BCUT2D eigenvalue weighted by Gasteiger charge is -2.12. The van der Waals surface area contributed by atoms with E-state index in [1.807, 2.05) is 30.3 Å². The number of hydrogen-bond donors (Lipinski definition) is 1. The number of nitrogens with one attached hydrogen (secondary N) is 1. The van der Waals surface area contributed by atoms with Gasteiger partial charge in [-0.1, -0.05) is 41.1 Å². The molecule has 2 aromatic heterocycles. The Kier molecular flexibility index (Phi) is 5.05. The quantitative estimate of drug-likeness (QED) is 0.312. The summed E-state index contributed by atoms with van der Waals surface area (Å²) in [5.74, 6) is -0.151. The monoisotopic (exact) mass is 437 g/mol. The number of hydrazone groups is 1. The molecule has 0 aliphatic carbocycles. The summed E-state index contributed by atoms with van der Waals surface area (Å²) in [5, 5.41) is 6.11. The first-order valence-corrected chi connectivity index (χ1v) is 9.98. The molecule has 0 bridgehead atoms. The van der Waals surface area contributed by atoms with Crippen LogP contribution in [0.1, 0.15) is 42.4 Å². The molecule has 0 saturated carbocycles. The maximum Gasteiger partial charge on any atom is 0.307 e. The molecule has 1 atom stereocenters. The van der Waals surface area contributed by atoms with E-state index in [0.29, 0.717) is 11.6 Å². The van der Waals surface area contributed by atoms with Crippen LogP contribution in [0.2, 0.25) is 0 Å². The van der Waals surface area contributed by atoms with Crippen LogP contribution in [0.3, 0.4) is 0 Å². The van der Waals surface area contributed by atoms with Gasteiger partial charge in [0.1, 0.15) is 5.58 Å². The number of para-hydroxylation sites is 1. The number of aromatic nitrogens is 1. The van der Waals surface area contributed by atoms with Crippen LogP contribution in [0.4, 0.5) is 0 Å². The van der Waals surface area contributed by atoms with Crippen LogP contribution in [0.25, 0.3) is 21.9 Å². The van der Waals surface area contributed by atoms with Gasteiger partial charge in [-0.25, -0.2) is 5.43 Å². The summed E-state index contributed by atoms with van der Waals surface area (Å²) >= 11 is 3.42. The molecule has 0 fully saturated rings. The van der Waals surface area contributed by atoms with E-state index in [1.54, 1.807) is 12.3 Å². The molecule has 4 aromatic rings. The van der Waals surface area contributed by atoms with Gasteiger partial charge in [-0.3, -0.25) is 4.79 Å². The Bertz CT molecular complexity index is 1190. The standard InChI is InChI=1S/C22H20BrN3O2/c1-3-14(2)26-13-16(18-6-4-5-7-19(18)26)12-24-25-22(27)21-11-15-10-17(23)8-9-20(15)28-21/h4-14H,3H2,1-2H3,(H,25,27)/b24-12+/t14-/m0/s1. The van der Waals surface area contributed by atoms with Crippen LogP contribution in [-0.2, 0) is 0 Å². The van der Waals surface area contributed by atoms with Gasteiger partial charge in [0.05, 0.1) is 6.21 Å². The summed E-state index contributed by atoms with van der Waals surface area (Å²) in [6, 6.07) is 15.9. The van der Waals surface area contributed by atoms with Crippen LogP contribution in [-0.4, -0.2) is 16.7 Å². The van der Waals surface area contributed by atoms with Gasteiger partial charge in [-0.15, -0.1) is 0 Å². The van der Waals surface area contributed by atoms with Crippen molar-refractivity contribution >= 4 is 49.9 Å². The summed E-state index contributed by atoms with van der Waals surface area (Å²) in [7, 11) is 0. The van der Waals surface area contributed by atoms with E-state index in [-0.39, 0.29) is 11.7 Å². The van der Waals surface area contributed by atoms with Crippen molar-refractivity contribution in [2.75, 3.05) is 0 Å². The molecule has 142 valence electrons. The molecule has 0 saturated heterocycles. The van der Waals surface area contributed by atoms with Gasteiger partial charge in [0.15, 0.2) is 5.76 Å². The van der Waals surface area contributed by atoms with Crippen LogP contribution in [0.15, 0.2) is 68.7 Å². The third-order valence-corrected chi connectivity index (χ3v) is 5.40. The fourth-order valence-corrected chi connectivity index (χ4v) is 3.62. The number of fused-ring (bicyclic) bond motifs is 2. The first-order chi connectivity index (χ1) is 13.6. The van der Waals surface area contributed by atoms with Crippen molar-refractivity contribution in [1.82, 2.24) is 9.99 Å². The van der Waals surface area contributed by atoms with E-state index >= 15 is 0 Å². The zero-order chi connectivity index (χ0) is 19.7. The topological polar surface area (TPSA) is 59.5 Å². The number of nitrogens with zero attached hydrogens (tertiary/aromatic N) is 2.